The largest absolute Gasteiger partial charge is 0.316 e. The van der Waals surface area contributed by atoms with E-state index in [1.165, 1.54) is 18.5 Å². The van der Waals surface area contributed by atoms with Gasteiger partial charge in [0.2, 0.25) is 0 Å². The van der Waals surface area contributed by atoms with Crippen molar-refractivity contribution in [3.05, 3.63) is 29.6 Å². The van der Waals surface area contributed by atoms with Crippen LogP contribution >= 0.6 is 0 Å². The van der Waals surface area contributed by atoms with E-state index in [9.17, 15) is 0 Å². The number of hydrogen-bond donors (Lipinski definition) is 1. The third-order valence-electron chi connectivity index (χ3n) is 3.78. The van der Waals surface area contributed by atoms with Gasteiger partial charge in [-0.05, 0) is 48.9 Å². The van der Waals surface area contributed by atoms with Gasteiger partial charge in [0.25, 0.3) is 0 Å². The van der Waals surface area contributed by atoms with E-state index in [-0.39, 0.29) is 0 Å². The molecule has 15 heavy (non-hydrogen) atoms. The van der Waals surface area contributed by atoms with Gasteiger partial charge in [-0.25, -0.2) is 0 Å². The maximum absolute atomic E-state index is 8.82. The number of hydrogen-bond acceptors (Lipinski definition) is 3. The molecule has 0 bridgehead atoms. The fourth-order valence-corrected chi connectivity index (χ4v) is 2.89. The lowest BCUT2D eigenvalue weighted by Gasteiger charge is -2.39. The minimum atomic E-state index is 0.630. The Hall–Kier alpha value is -1.40. The first-order chi connectivity index (χ1) is 7.38. The molecule has 1 unspecified atom stereocenters. The highest BCUT2D eigenvalue weighted by Crippen LogP contribution is 2.48. The second kappa shape index (κ2) is 3.32. The molecule has 3 nitrogen and oxygen atoms in total. The average molecular weight is 199 g/mol. The van der Waals surface area contributed by atoms with Crippen molar-refractivity contribution < 1.29 is 0 Å². The molecule has 2 aliphatic rings. The summed E-state index contributed by atoms with van der Waals surface area (Å²) in [4.78, 5) is 4.13. The minimum Gasteiger partial charge on any atom is -0.316 e. The van der Waals surface area contributed by atoms with Crippen LogP contribution in [-0.2, 0) is 0 Å². The number of fused-ring (bicyclic) bond motifs is 1. The van der Waals surface area contributed by atoms with Crippen LogP contribution < -0.4 is 5.32 Å². The summed E-state index contributed by atoms with van der Waals surface area (Å²) < 4.78 is 0. The Kier molecular flexibility index (Phi) is 1.96. The Morgan fingerprint density at radius 2 is 2.33 bits per heavy atom. The second-order valence-corrected chi connectivity index (χ2v) is 4.54. The van der Waals surface area contributed by atoms with Crippen molar-refractivity contribution in [2.24, 2.45) is 11.8 Å². The summed E-state index contributed by atoms with van der Waals surface area (Å²) in [6.45, 7) is 2.30. The van der Waals surface area contributed by atoms with Crippen molar-refractivity contribution in [1.29, 1.82) is 5.26 Å². The summed E-state index contributed by atoms with van der Waals surface area (Å²) >= 11 is 0. The zero-order chi connectivity index (χ0) is 10.3. The van der Waals surface area contributed by atoms with E-state index in [2.05, 4.69) is 16.4 Å². The highest BCUT2D eigenvalue weighted by Gasteiger charge is 2.44. The molecule has 1 aromatic rings. The summed E-state index contributed by atoms with van der Waals surface area (Å²) in [5.41, 5.74) is 1.93. The Bertz CT molecular complexity index is 421. The van der Waals surface area contributed by atoms with Gasteiger partial charge >= 0.3 is 0 Å². The molecule has 1 aromatic heterocycles. The van der Waals surface area contributed by atoms with Gasteiger partial charge in [-0.1, -0.05) is 0 Å². The monoisotopic (exact) mass is 199 g/mol. The first kappa shape index (κ1) is 8.87. The average Bonchev–Trinajstić information content (AvgIpc) is 2.61. The van der Waals surface area contributed by atoms with Crippen LogP contribution in [0, 0.1) is 23.2 Å². The first-order valence-electron chi connectivity index (χ1n) is 5.44. The summed E-state index contributed by atoms with van der Waals surface area (Å²) in [6, 6.07) is 4.14. The molecule has 0 aromatic carbocycles. The van der Waals surface area contributed by atoms with E-state index in [0.29, 0.717) is 11.5 Å². The second-order valence-electron chi connectivity index (χ2n) is 4.54. The molecule has 2 heterocycles. The SMILES string of the molecule is N#Cc1cncc(C2C[C@@H]3CNC[C@H]23)c1. The summed E-state index contributed by atoms with van der Waals surface area (Å²) in [5, 5.41) is 12.2. The lowest BCUT2D eigenvalue weighted by Crippen LogP contribution is -2.33. The lowest BCUT2D eigenvalue weighted by atomic mass is 9.64. The van der Waals surface area contributed by atoms with Crippen LogP contribution in [0.1, 0.15) is 23.5 Å². The highest BCUT2D eigenvalue weighted by atomic mass is 14.9. The highest BCUT2D eigenvalue weighted by molar-refractivity contribution is 5.32. The van der Waals surface area contributed by atoms with E-state index >= 15 is 0 Å². The van der Waals surface area contributed by atoms with Gasteiger partial charge in [-0.2, -0.15) is 5.26 Å². The number of nitrogens with one attached hydrogen (secondary N) is 1. The molecule has 3 rings (SSSR count). The molecule has 1 saturated carbocycles. The zero-order valence-electron chi connectivity index (χ0n) is 8.48. The van der Waals surface area contributed by atoms with Crippen molar-refractivity contribution in [1.82, 2.24) is 10.3 Å². The van der Waals surface area contributed by atoms with Crippen LogP contribution in [0.4, 0.5) is 0 Å². The number of aromatic nitrogens is 1. The van der Waals surface area contributed by atoms with Gasteiger partial charge in [0.1, 0.15) is 6.07 Å². The molecule has 1 saturated heterocycles. The zero-order valence-corrected chi connectivity index (χ0v) is 8.48. The summed E-state index contributed by atoms with van der Waals surface area (Å²) in [6.07, 6.45) is 4.81. The van der Waals surface area contributed by atoms with Crippen LogP contribution in [-0.4, -0.2) is 18.1 Å². The summed E-state index contributed by atoms with van der Waals surface area (Å²) in [7, 11) is 0. The van der Waals surface area contributed by atoms with Crippen LogP contribution in [0.5, 0.6) is 0 Å². The molecule has 0 radical (unpaired) electrons. The fraction of sp³-hybridized carbons (Fsp3) is 0.500. The van der Waals surface area contributed by atoms with Crippen molar-refractivity contribution in [2.75, 3.05) is 13.1 Å². The molecular formula is C12H13N3. The fourth-order valence-electron chi connectivity index (χ4n) is 2.89. The maximum Gasteiger partial charge on any atom is 0.101 e. The number of nitriles is 1. The van der Waals surface area contributed by atoms with Crippen molar-refractivity contribution >= 4 is 0 Å². The molecule has 1 aliphatic carbocycles. The molecule has 0 spiro atoms. The third kappa shape index (κ3) is 1.33. The Morgan fingerprint density at radius 3 is 3.13 bits per heavy atom. The molecule has 1 N–H and O–H groups in total. The molecular weight excluding hydrogens is 186 g/mol. The van der Waals surface area contributed by atoms with Crippen LogP contribution in [0.15, 0.2) is 18.5 Å². The van der Waals surface area contributed by atoms with Gasteiger partial charge in [0, 0.05) is 12.4 Å². The lowest BCUT2D eigenvalue weighted by molar-refractivity contribution is 0.190. The standard InChI is InChI=1S/C12H13N3/c13-3-8-1-9(5-14-4-8)11-2-10-6-15-7-12(10)11/h1,4-5,10-12,15H,2,6-7H2/t10-,11?,12+/m1/s1. The van der Waals surface area contributed by atoms with Crippen LogP contribution in [0.25, 0.3) is 0 Å². The molecule has 2 fully saturated rings. The molecule has 76 valence electrons. The number of pyridine rings is 1. The topological polar surface area (TPSA) is 48.7 Å². The quantitative estimate of drug-likeness (QED) is 0.741. The van der Waals surface area contributed by atoms with Gasteiger partial charge in [-0.3, -0.25) is 4.98 Å². The van der Waals surface area contributed by atoms with Crippen LogP contribution in [0.3, 0.4) is 0 Å². The van der Waals surface area contributed by atoms with Crippen molar-refractivity contribution in [3.8, 4) is 6.07 Å². The third-order valence-corrected chi connectivity index (χ3v) is 3.78. The predicted molar refractivity (Wildman–Crippen MR) is 56.2 cm³/mol. The van der Waals surface area contributed by atoms with Gasteiger partial charge in [0.05, 0.1) is 5.56 Å². The predicted octanol–water partition coefficient (Wildman–Crippen LogP) is 1.28. The van der Waals surface area contributed by atoms with Crippen molar-refractivity contribution in [3.63, 3.8) is 0 Å². The van der Waals surface area contributed by atoms with E-state index in [4.69, 9.17) is 5.26 Å². The van der Waals surface area contributed by atoms with E-state index < -0.39 is 0 Å². The van der Waals surface area contributed by atoms with E-state index in [1.807, 2.05) is 12.3 Å². The molecule has 1 aliphatic heterocycles. The number of rotatable bonds is 1. The summed E-state index contributed by atoms with van der Waals surface area (Å²) in [5.74, 6) is 2.27. The maximum atomic E-state index is 8.82. The Balaban J connectivity index is 1.85. The molecule has 0 amide bonds. The number of nitrogens with zero attached hydrogens (tertiary/aromatic N) is 2. The Morgan fingerprint density at radius 1 is 1.40 bits per heavy atom. The first-order valence-corrected chi connectivity index (χ1v) is 5.44. The normalized spacial score (nSPS) is 32.9. The van der Waals surface area contributed by atoms with E-state index in [1.54, 1.807) is 6.20 Å². The molecule has 3 atom stereocenters. The van der Waals surface area contributed by atoms with Crippen LogP contribution in [0.2, 0.25) is 0 Å². The van der Waals surface area contributed by atoms with Gasteiger partial charge in [-0.15, -0.1) is 0 Å². The smallest absolute Gasteiger partial charge is 0.101 e. The minimum absolute atomic E-state index is 0.630. The Labute approximate surface area is 89.1 Å². The molecule has 3 heteroatoms. The van der Waals surface area contributed by atoms with Crippen molar-refractivity contribution in [2.45, 2.75) is 12.3 Å². The van der Waals surface area contributed by atoms with Gasteiger partial charge < -0.3 is 5.32 Å². The van der Waals surface area contributed by atoms with Gasteiger partial charge in [0.15, 0.2) is 0 Å². The van der Waals surface area contributed by atoms with E-state index in [0.717, 1.165) is 18.4 Å².